The number of nitrogens with one attached hydrogen (secondary N) is 2. The maximum Gasteiger partial charge on any atom is 0.435 e. The van der Waals surface area contributed by atoms with Gasteiger partial charge in [0.2, 0.25) is 0 Å². The fourth-order valence-electron chi connectivity index (χ4n) is 1.25. The zero-order chi connectivity index (χ0) is 12.6. The summed E-state index contributed by atoms with van der Waals surface area (Å²) in [6.07, 6.45) is -2.96. The largest absolute Gasteiger partial charge is 0.435 e. The number of amides is 1. The summed E-state index contributed by atoms with van der Waals surface area (Å²) < 4.78 is 37.9. The van der Waals surface area contributed by atoms with Gasteiger partial charge in [0.05, 0.1) is 0 Å². The summed E-state index contributed by atoms with van der Waals surface area (Å²) in [5.41, 5.74) is -1.12. The number of rotatable bonds is 3. The molecule has 0 bridgehead atoms. The van der Waals surface area contributed by atoms with Gasteiger partial charge in [-0.3, -0.25) is 4.79 Å². The predicted octanol–water partition coefficient (Wildman–Crippen LogP) is 2.10. The molecule has 94 valence electrons. The fourth-order valence-corrected chi connectivity index (χ4v) is 2.09. The molecular formula is C9H10F3N3OS. The molecule has 2 rings (SSSR count). The normalized spacial score (nSPS) is 15.8. The summed E-state index contributed by atoms with van der Waals surface area (Å²) in [6.45, 7) is 0. The van der Waals surface area contributed by atoms with Crippen molar-refractivity contribution in [3.05, 3.63) is 10.6 Å². The van der Waals surface area contributed by atoms with Crippen molar-refractivity contribution in [3.63, 3.8) is 0 Å². The number of hydrogen-bond acceptors (Lipinski definition) is 4. The average Bonchev–Trinajstić information content (AvgIpc) is 2.93. The summed E-state index contributed by atoms with van der Waals surface area (Å²) >= 11 is 0.710. The Kier molecular flexibility index (Phi) is 2.98. The van der Waals surface area contributed by atoms with E-state index < -0.39 is 17.8 Å². The number of thiazole rings is 1. The van der Waals surface area contributed by atoms with E-state index in [0.717, 1.165) is 12.8 Å². The molecule has 8 heteroatoms. The van der Waals surface area contributed by atoms with E-state index in [-0.39, 0.29) is 16.1 Å². The minimum Gasteiger partial charge on any atom is -0.365 e. The third kappa shape index (κ3) is 2.68. The molecule has 2 N–H and O–H groups in total. The number of alkyl halides is 3. The third-order valence-corrected chi connectivity index (χ3v) is 3.30. The Morgan fingerprint density at radius 3 is 2.59 bits per heavy atom. The van der Waals surface area contributed by atoms with E-state index in [9.17, 15) is 18.0 Å². The van der Waals surface area contributed by atoms with Gasteiger partial charge in [-0.1, -0.05) is 11.3 Å². The van der Waals surface area contributed by atoms with Crippen molar-refractivity contribution in [2.24, 2.45) is 0 Å². The van der Waals surface area contributed by atoms with Crippen LogP contribution >= 0.6 is 11.3 Å². The van der Waals surface area contributed by atoms with Crippen LogP contribution in [0.25, 0.3) is 0 Å². The van der Waals surface area contributed by atoms with Gasteiger partial charge < -0.3 is 10.6 Å². The lowest BCUT2D eigenvalue weighted by molar-refractivity contribution is -0.141. The number of aromatic nitrogens is 1. The van der Waals surface area contributed by atoms with Gasteiger partial charge in [0.25, 0.3) is 5.91 Å². The van der Waals surface area contributed by atoms with E-state index in [1.807, 2.05) is 0 Å². The maximum absolute atomic E-state index is 12.6. The van der Waals surface area contributed by atoms with Crippen LogP contribution in [0.4, 0.5) is 18.3 Å². The summed E-state index contributed by atoms with van der Waals surface area (Å²) in [4.78, 5) is 14.6. The molecule has 0 unspecified atom stereocenters. The van der Waals surface area contributed by atoms with Crippen LogP contribution < -0.4 is 10.6 Å². The lowest BCUT2D eigenvalue weighted by Crippen LogP contribution is -2.26. The number of carbonyl (C=O) groups excluding carboxylic acids is 1. The first-order chi connectivity index (χ1) is 7.91. The molecule has 0 saturated heterocycles. The Bertz CT molecular complexity index is 439. The lowest BCUT2D eigenvalue weighted by atomic mass is 10.3. The standard InChI is InChI=1S/C9H10F3N3OS/c1-13-8-15-6(9(10,11)12)5(17-8)7(16)14-4-2-3-4/h4H,2-3H2,1H3,(H,13,15)(H,14,16). The molecule has 0 atom stereocenters. The first-order valence-electron chi connectivity index (χ1n) is 4.98. The first kappa shape index (κ1) is 12.2. The minimum atomic E-state index is -4.61. The van der Waals surface area contributed by atoms with Gasteiger partial charge in [0.1, 0.15) is 4.88 Å². The van der Waals surface area contributed by atoms with Crippen molar-refractivity contribution in [2.45, 2.75) is 25.1 Å². The number of nitrogens with zero attached hydrogens (tertiary/aromatic N) is 1. The number of halogens is 3. The Morgan fingerprint density at radius 1 is 1.47 bits per heavy atom. The van der Waals surface area contributed by atoms with Crippen LogP contribution in [0.2, 0.25) is 0 Å². The van der Waals surface area contributed by atoms with Crippen LogP contribution in [0.1, 0.15) is 28.2 Å². The highest BCUT2D eigenvalue weighted by Gasteiger charge is 2.40. The van der Waals surface area contributed by atoms with Gasteiger partial charge in [-0.2, -0.15) is 13.2 Å². The molecule has 17 heavy (non-hydrogen) atoms. The zero-order valence-electron chi connectivity index (χ0n) is 8.89. The molecule has 1 aliphatic rings. The first-order valence-corrected chi connectivity index (χ1v) is 5.80. The second kappa shape index (κ2) is 4.17. The zero-order valence-corrected chi connectivity index (χ0v) is 9.71. The second-order valence-electron chi connectivity index (χ2n) is 3.69. The highest BCUT2D eigenvalue weighted by Crippen LogP contribution is 2.36. The molecule has 1 aliphatic carbocycles. The van der Waals surface area contributed by atoms with E-state index in [1.54, 1.807) is 0 Å². The minimum absolute atomic E-state index is 0.0173. The summed E-state index contributed by atoms with van der Waals surface area (Å²) in [7, 11) is 1.46. The van der Waals surface area contributed by atoms with Crippen LogP contribution in [0.3, 0.4) is 0 Å². The van der Waals surface area contributed by atoms with Crippen LogP contribution in [-0.4, -0.2) is 24.0 Å². The molecular weight excluding hydrogens is 255 g/mol. The summed E-state index contributed by atoms with van der Waals surface area (Å²) in [6, 6.07) is 0.0173. The van der Waals surface area contributed by atoms with E-state index in [2.05, 4.69) is 15.6 Å². The Balaban J connectivity index is 2.29. The molecule has 1 amide bonds. The van der Waals surface area contributed by atoms with Crippen LogP contribution in [0, 0.1) is 0 Å². The second-order valence-corrected chi connectivity index (χ2v) is 4.69. The summed E-state index contributed by atoms with van der Waals surface area (Å²) in [5, 5.41) is 5.12. The summed E-state index contributed by atoms with van der Waals surface area (Å²) in [5.74, 6) is -0.696. The smallest absolute Gasteiger partial charge is 0.365 e. The third-order valence-electron chi connectivity index (χ3n) is 2.23. The molecule has 0 spiro atoms. The molecule has 4 nitrogen and oxygen atoms in total. The van der Waals surface area contributed by atoms with Crippen LogP contribution in [-0.2, 0) is 6.18 Å². The molecule has 0 aliphatic heterocycles. The SMILES string of the molecule is CNc1nc(C(F)(F)F)c(C(=O)NC2CC2)s1. The van der Waals surface area contributed by atoms with Crippen LogP contribution in [0.5, 0.6) is 0 Å². The lowest BCUT2D eigenvalue weighted by Gasteiger charge is -2.05. The van der Waals surface area contributed by atoms with Crippen molar-refractivity contribution >= 4 is 22.4 Å². The van der Waals surface area contributed by atoms with Crippen molar-refractivity contribution in [3.8, 4) is 0 Å². The molecule has 1 aromatic rings. The predicted molar refractivity (Wildman–Crippen MR) is 57.2 cm³/mol. The van der Waals surface area contributed by atoms with E-state index in [4.69, 9.17) is 0 Å². The average molecular weight is 265 g/mol. The van der Waals surface area contributed by atoms with Crippen molar-refractivity contribution in [1.82, 2.24) is 10.3 Å². The van der Waals surface area contributed by atoms with Gasteiger partial charge in [-0.05, 0) is 12.8 Å². The topological polar surface area (TPSA) is 54.0 Å². The van der Waals surface area contributed by atoms with Crippen molar-refractivity contribution in [1.29, 1.82) is 0 Å². The van der Waals surface area contributed by atoms with Crippen molar-refractivity contribution in [2.75, 3.05) is 12.4 Å². The Hall–Kier alpha value is -1.31. The van der Waals surface area contributed by atoms with Crippen LogP contribution in [0.15, 0.2) is 0 Å². The number of hydrogen-bond donors (Lipinski definition) is 2. The molecule has 0 radical (unpaired) electrons. The quantitative estimate of drug-likeness (QED) is 0.880. The monoisotopic (exact) mass is 265 g/mol. The highest BCUT2D eigenvalue weighted by molar-refractivity contribution is 7.17. The van der Waals surface area contributed by atoms with Gasteiger partial charge in [0, 0.05) is 13.1 Å². The van der Waals surface area contributed by atoms with Crippen molar-refractivity contribution < 1.29 is 18.0 Å². The molecule has 1 fully saturated rings. The van der Waals surface area contributed by atoms with Gasteiger partial charge >= 0.3 is 6.18 Å². The number of carbonyl (C=O) groups is 1. The van der Waals surface area contributed by atoms with Gasteiger partial charge in [-0.15, -0.1) is 0 Å². The van der Waals surface area contributed by atoms with E-state index in [0.29, 0.717) is 11.3 Å². The number of anilines is 1. The van der Waals surface area contributed by atoms with E-state index >= 15 is 0 Å². The molecule has 0 aromatic carbocycles. The van der Waals surface area contributed by atoms with E-state index in [1.165, 1.54) is 7.05 Å². The van der Waals surface area contributed by atoms with Gasteiger partial charge in [-0.25, -0.2) is 4.98 Å². The van der Waals surface area contributed by atoms with Gasteiger partial charge in [0.15, 0.2) is 10.8 Å². The molecule has 1 heterocycles. The Labute approximate surface area is 99.2 Å². The highest BCUT2D eigenvalue weighted by atomic mass is 32.1. The fraction of sp³-hybridized carbons (Fsp3) is 0.556. The Morgan fingerprint density at radius 2 is 2.12 bits per heavy atom. The molecule has 1 aromatic heterocycles. The molecule has 1 saturated carbocycles. The maximum atomic E-state index is 12.6.